The molecular formula is C22H24N2O2. The average Bonchev–Trinajstić information content (AvgIpc) is 2.67. The predicted octanol–water partition coefficient (Wildman–Crippen LogP) is 3.38. The van der Waals surface area contributed by atoms with E-state index >= 15 is 0 Å². The van der Waals surface area contributed by atoms with Crippen LogP contribution < -0.4 is 0 Å². The molecule has 26 heavy (non-hydrogen) atoms. The zero-order valence-electron chi connectivity index (χ0n) is 15.3. The molecule has 4 nitrogen and oxygen atoms in total. The Labute approximate surface area is 154 Å². The molecular weight excluding hydrogens is 324 g/mol. The van der Waals surface area contributed by atoms with E-state index < -0.39 is 0 Å². The molecule has 0 radical (unpaired) electrons. The van der Waals surface area contributed by atoms with Crippen molar-refractivity contribution < 1.29 is 9.59 Å². The SMILES string of the molecule is C/C(=C\c1ccccc1)C(=O)N1CCN(C(=O)c2cccc(C)c2)CC1. The Hall–Kier alpha value is -2.88. The summed E-state index contributed by atoms with van der Waals surface area (Å²) in [6, 6.07) is 17.5. The molecule has 2 amide bonds. The first-order chi connectivity index (χ1) is 12.5. The van der Waals surface area contributed by atoms with Crippen LogP contribution in [0.25, 0.3) is 6.08 Å². The summed E-state index contributed by atoms with van der Waals surface area (Å²) in [5.41, 5.74) is 3.53. The maximum atomic E-state index is 12.6. The van der Waals surface area contributed by atoms with Gasteiger partial charge in [0, 0.05) is 37.3 Å². The maximum Gasteiger partial charge on any atom is 0.253 e. The number of aryl methyl sites for hydroxylation is 1. The van der Waals surface area contributed by atoms with Crippen LogP contribution in [0.2, 0.25) is 0 Å². The molecule has 0 N–H and O–H groups in total. The second-order valence-corrected chi connectivity index (χ2v) is 6.69. The highest BCUT2D eigenvalue weighted by molar-refractivity contribution is 5.98. The molecule has 1 aliphatic rings. The van der Waals surface area contributed by atoms with Crippen LogP contribution in [0.5, 0.6) is 0 Å². The number of carbonyl (C=O) groups is 2. The minimum Gasteiger partial charge on any atom is -0.335 e. The minimum absolute atomic E-state index is 0.0384. The van der Waals surface area contributed by atoms with E-state index in [9.17, 15) is 9.59 Å². The van der Waals surface area contributed by atoms with Crippen molar-refractivity contribution in [2.24, 2.45) is 0 Å². The fraction of sp³-hybridized carbons (Fsp3) is 0.273. The highest BCUT2D eigenvalue weighted by Gasteiger charge is 2.25. The molecule has 1 aliphatic heterocycles. The first-order valence-electron chi connectivity index (χ1n) is 8.93. The molecule has 4 heteroatoms. The summed E-state index contributed by atoms with van der Waals surface area (Å²) in [6.45, 7) is 6.09. The summed E-state index contributed by atoms with van der Waals surface area (Å²) in [5.74, 6) is 0.0776. The van der Waals surface area contributed by atoms with Gasteiger partial charge < -0.3 is 9.80 Å². The summed E-state index contributed by atoms with van der Waals surface area (Å²) in [7, 11) is 0. The number of benzene rings is 2. The topological polar surface area (TPSA) is 40.6 Å². The van der Waals surface area contributed by atoms with Crippen molar-refractivity contribution in [1.29, 1.82) is 0 Å². The third kappa shape index (κ3) is 4.20. The van der Waals surface area contributed by atoms with Crippen molar-refractivity contribution in [2.75, 3.05) is 26.2 Å². The minimum atomic E-state index is 0.0384. The van der Waals surface area contributed by atoms with Gasteiger partial charge in [0.2, 0.25) is 5.91 Å². The van der Waals surface area contributed by atoms with Gasteiger partial charge in [-0.2, -0.15) is 0 Å². The maximum absolute atomic E-state index is 12.6. The lowest BCUT2D eigenvalue weighted by Crippen LogP contribution is -2.50. The van der Waals surface area contributed by atoms with Crippen LogP contribution in [-0.4, -0.2) is 47.8 Å². The number of piperazine rings is 1. The lowest BCUT2D eigenvalue weighted by molar-refractivity contribution is -0.128. The summed E-state index contributed by atoms with van der Waals surface area (Å²) in [6.07, 6.45) is 1.91. The van der Waals surface area contributed by atoms with Crippen LogP contribution in [0.4, 0.5) is 0 Å². The van der Waals surface area contributed by atoms with E-state index in [2.05, 4.69) is 0 Å². The summed E-state index contributed by atoms with van der Waals surface area (Å²) in [5, 5.41) is 0. The van der Waals surface area contributed by atoms with Crippen LogP contribution in [0, 0.1) is 6.92 Å². The molecule has 2 aromatic rings. The third-order valence-electron chi connectivity index (χ3n) is 4.64. The number of amides is 2. The van der Waals surface area contributed by atoms with E-state index in [0.717, 1.165) is 16.7 Å². The van der Waals surface area contributed by atoms with E-state index in [-0.39, 0.29) is 11.8 Å². The van der Waals surface area contributed by atoms with Gasteiger partial charge in [0.25, 0.3) is 5.91 Å². The van der Waals surface area contributed by atoms with Crippen LogP contribution in [0.15, 0.2) is 60.2 Å². The molecule has 1 heterocycles. The van der Waals surface area contributed by atoms with Crippen molar-refractivity contribution >= 4 is 17.9 Å². The van der Waals surface area contributed by atoms with Gasteiger partial charge in [-0.05, 0) is 37.6 Å². The van der Waals surface area contributed by atoms with Crippen molar-refractivity contribution in [1.82, 2.24) is 9.80 Å². The molecule has 0 saturated carbocycles. The van der Waals surface area contributed by atoms with E-state index in [1.165, 1.54) is 0 Å². The molecule has 1 fully saturated rings. The third-order valence-corrected chi connectivity index (χ3v) is 4.64. The highest BCUT2D eigenvalue weighted by Crippen LogP contribution is 2.14. The highest BCUT2D eigenvalue weighted by atomic mass is 16.2. The van der Waals surface area contributed by atoms with Crippen molar-refractivity contribution in [3.8, 4) is 0 Å². The normalized spacial score (nSPS) is 15.1. The van der Waals surface area contributed by atoms with Gasteiger partial charge in [-0.25, -0.2) is 0 Å². The van der Waals surface area contributed by atoms with Crippen LogP contribution >= 0.6 is 0 Å². The van der Waals surface area contributed by atoms with E-state index in [1.807, 2.05) is 84.3 Å². The molecule has 134 valence electrons. The van der Waals surface area contributed by atoms with E-state index in [1.54, 1.807) is 0 Å². The quantitative estimate of drug-likeness (QED) is 0.798. The smallest absolute Gasteiger partial charge is 0.253 e. The zero-order chi connectivity index (χ0) is 18.5. The Morgan fingerprint density at radius 1 is 0.885 bits per heavy atom. The van der Waals surface area contributed by atoms with Crippen LogP contribution in [0.1, 0.15) is 28.4 Å². The Morgan fingerprint density at radius 2 is 1.54 bits per heavy atom. The molecule has 0 aliphatic carbocycles. The predicted molar refractivity (Wildman–Crippen MR) is 104 cm³/mol. The first kappa shape index (κ1) is 17.9. The van der Waals surface area contributed by atoms with Gasteiger partial charge in [0.05, 0.1) is 0 Å². The second kappa shape index (κ2) is 8.00. The van der Waals surface area contributed by atoms with E-state index in [0.29, 0.717) is 31.7 Å². The lowest BCUT2D eigenvalue weighted by atomic mass is 10.1. The number of rotatable bonds is 3. The lowest BCUT2D eigenvalue weighted by Gasteiger charge is -2.35. The molecule has 0 atom stereocenters. The van der Waals surface area contributed by atoms with Crippen molar-refractivity contribution in [3.63, 3.8) is 0 Å². The summed E-state index contributed by atoms with van der Waals surface area (Å²) < 4.78 is 0. The van der Waals surface area contributed by atoms with Gasteiger partial charge in [0.15, 0.2) is 0 Å². The molecule has 0 unspecified atom stereocenters. The Balaban J connectivity index is 1.60. The Kier molecular flexibility index (Phi) is 5.52. The van der Waals surface area contributed by atoms with Gasteiger partial charge in [0.1, 0.15) is 0 Å². The molecule has 2 aromatic carbocycles. The molecule has 0 bridgehead atoms. The molecule has 0 spiro atoms. The van der Waals surface area contributed by atoms with Gasteiger partial charge in [-0.1, -0.05) is 48.0 Å². The van der Waals surface area contributed by atoms with Gasteiger partial charge in [-0.15, -0.1) is 0 Å². The van der Waals surface area contributed by atoms with Gasteiger partial charge >= 0.3 is 0 Å². The van der Waals surface area contributed by atoms with Crippen LogP contribution in [0.3, 0.4) is 0 Å². The van der Waals surface area contributed by atoms with Crippen molar-refractivity contribution in [2.45, 2.75) is 13.8 Å². The Bertz CT molecular complexity index is 819. The largest absolute Gasteiger partial charge is 0.335 e. The number of nitrogens with zero attached hydrogens (tertiary/aromatic N) is 2. The summed E-state index contributed by atoms with van der Waals surface area (Å²) in [4.78, 5) is 28.9. The molecule has 3 rings (SSSR count). The monoisotopic (exact) mass is 348 g/mol. The average molecular weight is 348 g/mol. The Morgan fingerprint density at radius 3 is 2.19 bits per heavy atom. The van der Waals surface area contributed by atoms with Crippen molar-refractivity contribution in [3.05, 3.63) is 76.9 Å². The standard InChI is InChI=1S/C22H24N2O2/c1-17-7-6-10-20(15-17)22(26)24-13-11-23(12-14-24)21(25)18(2)16-19-8-4-3-5-9-19/h3-10,15-16H,11-14H2,1-2H3/b18-16+. The zero-order valence-corrected chi connectivity index (χ0v) is 15.3. The molecule has 1 saturated heterocycles. The fourth-order valence-corrected chi connectivity index (χ4v) is 3.18. The number of carbonyl (C=O) groups excluding carboxylic acids is 2. The molecule has 0 aromatic heterocycles. The second-order valence-electron chi connectivity index (χ2n) is 6.69. The van der Waals surface area contributed by atoms with Gasteiger partial charge in [-0.3, -0.25) is 9.59 Å². The summed E-state index contributed by atoms with van der Waals surface area (Å²) >= 11 is 0. The number of hydrogen-bond donors (Lipinski definition) is 0. The van der Waals surface area contributed by atoms with Crippen LogP contribution in [-0.2, 0) is 4.79 Å². The first-order valence-corrected chi connectivity index (χ1v) is 8.93. The number of hydrogen-bond acceptors (Lipinski definition) is 2. The fourth-order valence-electron chi connectivity index (χ4n) is 3.18. The van der Waals surface area contributed by atoms with E-state index in [4.69, 9.17) is 0 Å².